The Balaban J connectivity index is 3.27. The van der Waals surface area contributed by atoms with Crippen LogP contribution in [0.2, 0.25) is 5.02 Å². The molecule has 14 heavy (non-hydrogen) atoms. The van der Waals surface area contributed by atoms with Gasteiger partial charge in [-0.15, -0.1) is 0 Å². The second-order valence-corrected chi connectivity index (χ2v) is 3.56. The van der Waals surface area contributed by atoms with E-state index in [-0.39, 0.29) is 17.0 Å². The lowest BCUT2D eigenvalue weighted by Gasteiger charge is -2.07. The average molecular weight is 281 g/mol. The highest BCUT2D eigenvalue weighted by atomic mass is 79.9. The van der Waals surface area contributed by atoms with Gasteiger partial charge in [0.15, 0.2) is 0 Å². The van der Waals surface area contributed by atoms with E-state index in [1.807, 2.05) is 6.07 Å². The SMILES string of the molecule is N#CCc1c(Br)ncc(C(F)F)c1Cl. The zero-order chi connectivity index (χ0) is 10.7. The third-order valence-corrected chi connectivity index (χ3v) is 2.71. The summed E-state index contributed by atoms with van der Waals surface area (Å²) in [6.45, 7) is 0. The Morgan fingerprint density at radius 1 is 1.64 bits per heavy atom. The molecule has 0 atom stereocenters. The van der Waals surface area contributed by atoms with Crippen molar-refractivity contribution in [1.29, 1.82) is 5.26 Å². The summed E-state index contributed by atoms with van der Waals surface area (Å²) in [6.07, 6.45) is -1.73. The van der Waals surface area contributed by atoms with Gasteiger partial charge in [0.2, 0.25) is 0 Å². The molecule has 0 N–H and O–H groups in total. The molecule has 0 spiro atoms. The largest absolute Gasteiger partial charge is 0.266 e. The van der Waals surface area contributed by atoms with Gasteiger partial charge in [-0.1, -0.05) is 11.6 Å². The van der Waals surface area contributed by atoms with Crippen LogP contribution in [0.4, 0.5) is 8.78 Å². The van der Waals surface area contributed by atoms with E-state index in [2.05, 4.69) is 20.9 Å². The Labute approximate surface area is 92.6 Å². The van der Waals surface area contributed by atoms with Gasteiger partial charge in [-0.2, -0.15) is 5.26 Å². The summed E-state index contributed by atoms with van der Waals surface area (Å²) in [6, 6.07) is 1.83. The Bertz CT molecular complexity index is 390. The van der Waals surface area contributed by atoms with Crippen LogP contribution in [0.1, 0.15) is 17.6 Å². The van der Waals surface area contributed by atoms with Crippen LogP contribution in [-0.4, -0.2) is 4.98 Å². The van der Waals surface area contributed by atoms with Crippen LogP contribution in [0.25, 0.3) is 0 Å². The smallest absolute Gasteiger partial charge is 0.248 e. The summed E-state index contributed by atoms with van der Waals surface area (Å²) in [5, 5.41) is 8.36. The molecule has 0 saturated heterocycles. The van der Waals surface area contributed by atoms with Crippen LogP contribution in [-0.2, 0) is 6.42 Å². The molecule has 0 radical (unpaired) electrons. The monoisotopic (exact) mass is 280 g/mol. The molecule has 0 aromatic carbocycles. The van der Waals surface area contributed by atoms with Crippen LogP contribution in [0, 0.1) is 11.3 Å². The quantitative estimate of drug-likeness (QED) is 0.778. The number of pyridine rings is 1. The highest BCUT2D eigenvalue weighted by molar-refractivity contribution is 9.10. The first-order valence-corrected chi connectivity index (χ1v) is 4.73. The summed E-state index contributed by atoms with van der Waals surface area (Å²) in [5.74, 6) is 0. The van der Waals surface area contributed by atoms with Gasteiger partial charge in [0, 0.05) is 11.8 Å². The topological polar surface area (TPSA) is 36.7 Å². The van der Waals surface area contributed by atoms with E-state index in [0.29, 0.717) is 10.2 Å². The van der Waals surface area contributed by atoms with E-state index >= 15 is 0 Å². The normalized spacial score (nSPS) is 10.3. The molecule has 74 valence electrons. The highest BCUT2D eigenvalue weighted by Crippen LogP contribution is 2.32. The van der Waals surface area contributed by atoms with Crippen molar-refractivity contribution in [3.05, 3.63) is 26.9 Å². The number of hydrogen-bond acceptors (Lipinski definition) is 2. The van der Waals surface area contributed by atoms with E-state index < -0.39 is 6.43 Å². The predicted molar refractivity (Wildman–Crippen MR) is 51.2 cm³/mol. The van der Waals surface area contributed by atoms with Gasteiger partial charge in [0.25, 0.3) is 6.43 Å². The number of nitriles is 1. The van der Waals surface area contributed by atoms with E-state index in [1.54, 1.807) is 0 Å². The molecule has 0 saturated carbocycles. The molecule has 0 fully saturated rings. The molecule has 1 aromatic rings. The number of alkyl halides is 2. The maximum Gasteiger partial charge on any atom is 0.266 e. The minimum atomic E-state index is -2.68. The molecule has 1 heterocycles. The van der Waals surface area contributed by atoms with Gasteiger partial charge in [-0.05, 0) is 15.9 Å². The number of halogens is 4. The van der Waals surface area contributed by atoms with E-state index in [4.69, 9.17) is 16.9 Å². The summed E-state index contributed by atoms with van der Waals surface area (Å²) in [7, 11) is 0. The van der Waals surface area contributed by atoms with Crippen LogP contribution in [0.3, 0.4) is 0 Å². The van der Waals surface area contributed by atoms with Crippen molar-refractivity contribution in [2.45, 2.75) is 12.8 Å². The Hall–Kier alpha value is -0.730. The molecule has 2 nitrogen and oxygen atoms in total. The Morgan fingerprint density at radius 2 is 2.29 bits per heavy atom. The lowest BCUT2D eigenvalue weighted by molar-refractivity contribution is 0.151. The number of aromatic nitrogens is 1. The third kappa shape index (κ3) is 2.20. The lowest BCUT2D eigenvalue weighted by Crippen LogP contribution is -1.96. The van der Waals surface area contributed by atoms with Crippen molar-refractivity contribution < 1.29 is 8.78 Å². The molecule has 0 bridgehead atoms. The van der Waals surface area contributed by atoms with E-state index in [0.717, 1.165) is 6.20 Å². The van der Waals surface area contributed by atoms with E-state index in [1.165, 1.54) is 0 Å². The summed E-state index contributed by atoms with van der Waals surface area (Å²) in [4.78, 5) is 3.68. The zero-order valence-electron chi connectivity index (χ0n) is 6.77. The van der Waals surface area contributed by atoms with E-state index in [9.17, 15) is 8.78 Å². The molecule has 6 heteroatoms. The van der Waals surface area contributed by atoms with Crippen LogP contribution in [0.5, 0.6) is 0 Å². The second kappa shape index (κ2) is 4.67. The predicted octanol–water partition coefficient (Wildman–Crippen LogP) is 3.50. The third-order valence-electron chi connectivity index (χ3n) is 1.58. The number of hydrogen-bond donors (Lipinski definition) is 0. The Morgan fingerprint density at radius 3 is 2.79 bits per heavy atom. The summed E-state index contributed by atoms with van der Waals surface area (Å²) < 4.78 is 25.0. The van der Waals surface area contributed by atoms with Crippen molar-refractivity contribution in [3.63, 3.8) is 0 Å². The van der Waals surface area contributed by atoms with Gasteiger partial charge >= 0.3 is 0 Å². The standard InChI is InChI=1S/C8H4BrClF2N2/c9-7-4(1-2-13)6(10)5(3-14-7)8(11)12/h3,8H,1H2. The molecule has 1 rings (SSSR count). The molecule has 0 aliphatic rings. The molecule has 1 aromatic heterocycles. The minimum Gasteiger partial charge on any atom is -0.248 e. The van der Waals surface area contributed by atoms with Crippen LogP contribution < -0.4 is 0 Å². The van der Waals surface area contributed by atoms with Gasteiger partial charge in [0.05, 0.1) is 23.1 Å². The Kier molecular flexibility index (Phi) is 3.78. The summed E-state index contributed by atoms with van der Waals surface area (Å²) >= 11 is 8.73. The molecule has 0 aliphatic heterocycles. The fraction of sp³-hybridized carbons (Fsp3) is 0.250. The molecular weight excluding hydrogens is 277 g/mol. The maximum atomic E-state index is 12.4. The first kappa shape index (κ1) is 11.3. The molecule has 0 aliphatic carbocycles. The first-order chi connectivity index (χ1) is 6.57. The van der Waals surface area contributed by atoms with Crippen molar-refractivity contribution in [2.75, 3.05) is 0 Å². The molecular formula is C8H4BrClF2N2. The minimum absolute atomic E-state index is 0.0486. The molecule has 0 amide bonds. The average Bonchev–Trinajstić information content (AvgIpc) is 2.11. The van der Waals surface area contributed by atoms with Crippen LogP contribution >= 0.6 is 27.5 Å². The fourth-order valence-corrected chi connectivity index (χ4v) is 1.75. The van der Waals surface area contributed by atoms with Gasteiger partial charge in [-0.25, -0.2) is 13.8 Å². The van der Waals surface area contributed by atoms with Gasteiger partial charge in [0.1, 0.15) is 4.60 Å². The van der Waals surface area contributed by atoms with Gasteiger partial charge in [-0.3, -0.25) is 0 Å². The number of nitrogens with zero attached hydrogens (tertiary/aromatic N) is 2. The summed E-state index contributed by atoms with van der Waals surface area (Å²) in [5.41, 5.74) is -0.0490. The van der Waals surface area contributed by atoms with Crippen molar-refractivity contribution >= 4 is 27.5 Å². The van der Waals surface area contributed by atoms with Crippen molar-refractivity contribution in [1.82, 2.24) is 4.98 Å². The highest BCUT2D eigenvalue weighted by Gasteiger charge is 2.17. The zero-order valence-corrected chi connectivity index (χ0v) is 9.11. The maximum absolute atomic E-state index is 12.4. The first-order valence-electron chi connectivity index (χ1n) is 3.55. The van der Waals surface area contributed by atoms with Gasteiger partial charge < -0.3 is 0 Å². The van der Waals surface area contributed by atoms with Crippen molar-refractivity contribution in [3.8, 4) is 6.07 Å². The lowest BCUT2D eigenvalue weighted by atomic mass is 10.1. The fourth-order valence-electron chi connectivity index (χ4n) is 0.907. The van der Waals surface area contributed by atoms with Crippen LogP contribution in [0.15, 0.2) is 10.8 Å². The van der Waals surface area contributed by atoms with Crippen molar-refractivity contribution in [2.24, 2.45) is 0 Å². The second-order valence-electron chi connectivity index (χ2n) is 2.43. The number of rotatable bonds is 2. The molecule has 0 unspecified atom stereocenters.